The summed E-state index contributed by atoms with van der Waals surface area (Å²) in [5.41, 5.74) is 8.78. The second-order valence-electron chi connectivity index (χ2n) is 7.17. The number of nitrogens with zero attached hydrogens (tertiary/aromatic N) is 5. The molecule has 5 rings (SSSR count). The third-order valence-corrected chi connectivity index (χ3v) is 5.42. The smallest absolute Gasteiger partial charge is 0.298 e. The molecule has 0 amide bonds. The number of aromatic nitrogens is 3. The number of hydrogen-bond acceptors (Lipinski definition) is 7. The average Bonchev–Trinajstić information content (AvgIpc) is 3.10. The molecule has 2 N–H and O–H groups in total. The Morgan fingerprint density at radius 2 is 1.77 bits per heavy atom. The number of para-hydroxylation sites is 2. The van der Waals surface area contributed by atoms with Crippen molar-refractivity contribution < 1.29 is 4.42 Å². The molecule has 0 atom stereocenters. The molecule has 0 unspecified atom stereocenters. The monoisotopic (exact) mass is 350 g/mol. The molecule has 134 valence electrons. The van der Waals surface area contributed by atoms with Gasteiger partial charge in [-0.15, -0.1) is 0 Å². The van der Waals surface area contributed by atoms with Crippen molar-refractivity contribution >= 4 is 22.9 Å². The number of benzene rings is 1. The van der Waals surface area contributed by atoms with Crippen LogP contribution in [0.25, 0.3) is 11.1 Å². The van der Waals surface area contributed by atoms with Gasteiger partial charge >= 0.3 is 0 Å². The van der Waals surface area contributed by atoms with E-state index in [1.165, 1.54) is 0 Å². The fraction of sp³-hybridized carbons (Fsp3) is 0.421. The third kappa shape index (κ3) is 2.78. The molecule has 2 aliphatic rings. The molecule has 3 heterocycles. The summed E-state index contributed by atoms with van der Waals surface area (Å²) in [6.45, 7) is 3.50. The van der Waals surface area contributed by atoms with Gasteiger partial charge in [0.1, 0.15) is 17.7 Å². The Morgan fingerprint density at radius 3 is 2.54 bits per heavy atom. The van der Waals surface area contributed by atoms with Gasteiger partial charge in [-0.25, -0.2) is 9.97 Å². The maximum Gasteiger partial charge on any atom is 0.298 e. The molecule has 0 spiro atoms. The van der Waals surface area contributed by atoms with Gasteiger partial charge in [-0.3, -0.25) is 0 Å². The minimum atomic E-state index is 0.332. The SMILES string of the molecule is NC1CC(c2cc(N3CCN(c4nc5ccccc5o4)CC3)ncn2)C1. The zero-order valence-corrected chi connectivity index (χ0v) is 14.6. The van der Waals surface area contributed by atoms with Crippen LogP contribution in [0.2, 0.25) is 0 Å². The van der Waals surface area contributed by atoms with Crippen molar-refractivity contribution in [1.29, 1.82) is 0 Å². The van der Waals surface area contributed by atoms with Gasteiger partial charge in [-0.1, -0.05) is 12.1 Å². The van der Waals surface area contributed by atoms with Crippen LogP contribution in [0.15, 0.2) is 41.1 Å². The number of fused-ring (bicyclic) bond motifs is 1. The molecule has 1 saturated heterocycles. The lowest BCUT2D eigenvalue weighted by atomic mass is 9.78. The molecule has 2 fully saturated rings. The predicted octanol–water partition coefficient (Wildman–Crippen LogP) is 2.15. The quantitative estimate of drug-likeness (QED) is 0.775. The van der Waals surface area contributed by atoms with Crippen LogP contribution >= 0.6 is 0 Å². The highest BCUT2D eigenvalue weighted by atomic mass is 16.4. The molecule has 7 nitrogen and oxygen atoms in total. The largest absolute Gasteiger partial charge is 0.423 e. The Balaban J connectivity index is 1.27. The zero-order valence-electron chi connectivity index (χ0n) is 14.6. The van der Waals surface area contributed by atoms with Gasteiger partial charge in [0.05, 0.1) is 0 Å². The molecular weight excluding hydrogens is 328 g/mol. The van der Waals surface area contributed by atoms with E-state index in [9.17, 15) is 0 Å². The second kappa shape index (κ2) is 6.25. The van der Waals surface area contributed by atoms with Gasteiger partial charge < -0.3 is 20.0 Å². The minimum absolute atomic E-state index is 0.332. The summed E-state index contributed by atoms with van der Waals surface area (Å²) in [5.74, 6) is 1.50. The summed E-state index contributed by atoms with van der Waals surface area (Å²) in [6.07, 6.45) is 3.74. The fourth-order valence-corrected chi connectivity index (χ4v) is 3.78. The van der Waals surface area contributed by atoms with Crippen LogP contribution in [0, 0.1) is 0 Å². The van der Waals surface area contributed by atoms with Gasteiger partial charge in [-0.05, 0) is 25.0 Å². The number of piperazine rings is 1. The fourth-order valence-electron chi connectivity index (χ4n) is 3.78. The van der Waals surface area contributed by atoms with E-state index in [0.29, 0.717) is 18.0 Å². The second-order valence-corrected chi connectivity index (χ2v) is 7.17. The summed E-state index contributed by atoms with van der Waals surface area (Å²) in [6, 6.07) is 11.1. The first kappa shape index (κ1) is 15.6. The molecule has 0 bridgehead atoms. The molecule has 2 aromatic heterocycles. The number of anilines is 2. The molecule has 7 heteroatoms. The van der Waals surface area contributed by atoms with Crippen LogP contribution in [0.5, 0.6) is 0 Å². The summed E-state index contributed by atoms with van der Waals surface area (Å²) >= 11 is 0. The third-order valence-electron chi connectivity index (χ3n) is 5.42. The van der Waals surface area contributed by atoms with Crippen LogP contribution in [-0.4, -0.2) is 47.2 Å². The number of oxazole rings is 1. The first-order valence-electron chi connectivity index (χ1n) is 9.19. The van der Waals surface area contributed by atoms with Gasteiger partial charge in [0.15, 0.2) is 5.58 Å². The van der Waals surface area contributed by atoms with Crippen LogP contribution in [0.1, 0.15) is 24.5 Å². The van der Waals surface area contributed by atoms with E-state index < -0.39 is 0 Å². The van der Waals surface area contributed by atoms with E-state index in [0.717, 1.165) is 61.6 Å². The van der Waals surface area contributed by atoms with Crippen molar-refractivity contribution in [2.24, 2.45) is 5.73 Å². The molecule has 1 aliphatic heterocycles. The maximum absolute atomic E-state index is 5.91. The minimum Gasteiger partial charge on any atom is -0.423 e. The molecule has 0 radical (unpaired) electrons. The number of rotatable bonds is 3. The Hall–Kier alpha value is -2.67. The van der Waals surface area contributed by atoms with Crippen molar-refractivity contribution in [2.45, 2.75) is 24.8 Å². The zero-order chi connectivity index (χ0) is 17.5. The molecular formula is C19H22N6O. The predicted molar refractivity (Wildman–Crippen MR) is 100 cm³/mol. The van der Waals surface area contributed by atoms with E-state index in [1.54, 1.807) is 6.33 Å². The molecule has 3 aromatic rings. The van der Waals surface area contributed by atoms with Crippen LogP contribution in [-0.2, 0) is 0 Å². The van der Waals surface area contributed by atoms with E-state index in [2.05, 4.69) is 30.8 Å². The van der Waals surface area contributed by atoms with E-state index >= 15 is 0 Å². The molecule has 1 saturated carbocycles. The summed E-state index contributed by atoms with van der Waals surface area (Å²) in [4.78, 5) is 18.0. The van der Waals surface area contributed by atoms with Crippen molar-refractivity contribution in [3.05, 3.63) is 42.4 Å². The average molecular weight is 350 g/mol. The normalized spacial score (nSPS) is 23.3. The summed E-state index contributed by atoms with van der Waals surface area (Å²) in [5, 5.41) is 0. The van der Waals surface area contributed by atoms with Crippen molar-refractivity contribution in [2.75, 3.05) is 36.0 Å². The lowest BCUT2D eigenvalue weighted by Gasteiger charge is -2.35. The maximum atomic E-state index is 5.91. The highest BCUT2D eigenvalue weighted by Gasteiger charge is 2.29. The Kier molecular flexibility index (Phi) is 3.74. The van der Waals surface area contributed by atoms with Gasteiger partial charge in [0.2, 0.25) is 0 Å². The first-order valence-corrected chi connectivity index (χ1v) is 9.19. The van der Waals surface area contributed by atoms with Gasteiger partial charge in [0.25, 0.3) is 6.01 Å². The summed E-state index contributed by atoms with van der Waals surface area (Å²) in [7, 11) is 0. The van der Waals surface area contributed by atoms with Crippen LogP contribution in [0.4, 0.5) is 11.8 Å². The van der Waals surface area contributed by atoms with E-state index in [4.69, 9.17) is 10.2 Å². The standard InChI is InChI=1S/C19H22N6O/c20-14-9-13(10-14)16-11-18(22-12-21-16)24-5-7-25(8-6-24)19-23-15-3-1-2-4-17(15)26-19/h1-4,11-14H,5-10,20H2. The molecule has 1 aliphatic carbocycles. The Labute approximate surface area is 151 Å². The Bertz CT molecular complexity index is 878. The van der Waals surface area contributed by atoms with Gasteiger partial charge in [-0.2, -0.15) is 4.98 Å². The summed E-state index contributed by atoms with van der Waals surface area (Å²) < 4.78 is 5.89. The van der Waals surface area contributed by atoms with E-state index in [-0.39, 0.29) is 0 Å². The van der Waals surface area contributed by atoms with Crippen molar-refractivity contribution in [3.8, 4) is 0 Å². The highest BCUT2D eigenvalue weighted by Crippen LogP contribution is 2.35. The highest BCUT2D eigenvalue weighted by molar-refractivity contribution is 5.74. The Morgan fingerprint density at radius 1 is 1.00 bits per heavy atom. The lowest BCUT2D eigenvalue weighted by molar-refractivity contribution is 0.345. The van der Waals surface area contributed by atoms with Crippen molar-refractivity contribution in [3.63, 3.8) is 0 Å². The van der Waals surface area contributed by atoms with Crippen molar-refractivity contribution in [1.82, 2.24) is 15.0 Å². The van der Waals surface area contributed by atoms with Crippen LogP contribution in [0.3, 0.4) is 0 Å². The van der Waals surface area contributed by atoms with E-state index in [1.807, 2.05) is 24.3 Å². The molecule has 1 aromatic carbocycles. The number of nitrogens with two attached hydrogens (primary N) is 1. The van der Waals surface area contributed by atoms with Gasteiger partial charge in [0, 0.05) is 49.9 Å². The molecule has 26 heavy (non-hydrogen) atoms. The lowest BCUT2D eigenvalue weighted by Crippen LogP contribution is -2.47. The van der Waals surface area contributed by atoms with Crippen LogP contribution < -0.4 is 15.5 Å². The first-order chi connectivity index (χ1) is 12.8. The topological polar surface area (TPSA) is 84.3 Å². The number of hydrogen-bond donors (Lipinski definition) is 1.